The summed E-state index contributed by atoms with van der Waals surface area (Å²) < 4.78 is 73.3. The Labute approximate surface area is 254 Å². The van der Waals surface area contributed by atoms with Crippen LogP contribution in [0.5, 0.6) is 23.1 Å². The van der Waals surface area contributed by atoms with E-state index < -0.39 is 42.2 Å². The summed E-state index contributed by atoms with van der Waals surface area (Å²) in [6.45, 7) is 2.20. The molecule has 232 valence electrons. The van der Waals surface area contributed by atoms with Crippen LogP contribution in [-0.2, 0) is 13.0 Å². The molecule has 0 saturated heterocycles. The Hall–Kier alpha value is -5.26. The predicted octanol–water partition coefficient (Wildman–Crippen LogP) is 6.85. The molecule has 0 bridgehead atoms. The lowest BCUT2D eigenvalue weighted by Crippen LogP contribution is -2.26. The molecule has 0 aliphatic rings. The van der Waals surface area contributed by atoms with E-state index in [9.17, 15) is 22.8 Å². The molecule has 0 amide bonds. The fourth-order valence-electron chi connectivity index (χ4n) is 5.06. The molecule has 8 nitrogen and oxygen atoms in total. The van der Waals surface area contributed by atoms with Gasteiger partial charge in [0.2, 0.25) is 0 Å². The molecule has 0 saturated carbocycles. The number of Topliss-reactive ketones (excluding diaryl/α,β-unsaturated/α-hetero) is 1. The zero-order valence-corrected chi connectivity index (χ0v) is 24.7. The highest BCUT2D eigenvalue weighted by atomic mass is 19.3. The zero-order valence-electron chi connectivity index (χ0n) is 24.7. The highest BCUT2D eigenvalue weighted by Crippen LogP contribution is 2.35. The molecule has 0 spiro atoms. The number of ether oxygens (including phenoxy) is 3. The number of halogens is 4. The average molecular weight is 622 g/mol. The number of carbonyl (C=O) groups is 1. The van der Waals surface area contributed by atoms with E-state index in [1.807, 2.05) is 0 Å². The molecule has 0 aliphatic heterocycles. The highest BCUT2D eigenvalue weighted by molar-refractivity contribution is 5.99. The van der Waals surface area contributed by atoms with Gasteiger partial charge in [0.1, 0.15) is 11.3 Å². The minimum absolute atomic E-state index is 0.0236. The van der Waals surface area contributed by atoms with Crippen molar-refractivity contribution in [2.24, 2.45) is 0 Å². The van der Waals surface area contributed by atoms with Crippen molar-refractivity contribution >= 4 is 16.8 Å². The summed E-state index contributed by atoms with van der Waals surface area (Å²) in [6, 6.07) is 10.7. The molecule has 3 aromatic heterocycles. The fourth-order valence-corrected chi connectivity index (χ4v) is 5.06. The number of pyridine rings is 3. The van der Waals surface area contributed by atoms with Crippen molar-refractivity contribution in [3.05, 3.63) is 105 Å². The Bertz CT molecular complexity index is 1990. The molecular formula is C33H27F4N3O5. The molecule has 0 unspecified atom stereocenters. The molecular weight excluding hydrogens is 594 g/mol. The first-order chi connectivity index (χ1) is 21.5. The van der Waals surface area contributed by atoms with E-state index in [0.29, 0.717) is 27.9 Å². The van der Waals surface area contributed by atoms with Gasteiger partial charge in [0, 0.05) is 42.2 Å². The number of rotatable bonds is 10. The van der Waals surface area contributed by atoms with Gasteiger partial charge in [-0.1, -0.05) is 12.1 Å². The van der Waals surface area contributed by atoms with E-state index in [2.05, 4.69) is 9.97 Å². The summed E-state index contributed by atoms with van der Waals surface area (Å²) in [4.78, 5) is 35.7. The number of methoxy groups -OCH3 is 2. The minimum Gasteiger partial charge on any atom is -0.491 e. The molecule has 0 N–H and O–H groups in total. The lowest BCUT2D eigenvalue weighted by molar-refractivity contribution is 0.0986. The number of alkyl halides is 2. The van der Waals surface area contributed by atoms with Gasteiger partial charge in [0.25, 0.3) is 12.3 Å². The third kappa shape index (κ3) is 6.35. The molecule has 0 atom stereocenters. The maximum absolute atomic E-state index is 15.3. The Morgan fingerprint density at radius 1 is 0.933 bits per heavy atom. The van der Waals surface area contributed by atoms with Gasteiger partial charge in [-0.25, -0.2) is 22.5 Å². The van der Waals surface area contributed by atoms with Crippen LogP contribution in [0.2, 0.25) is 0 Å². The van der Waals surface area contributed by atoms with Gasteiger partial charge in [-0.3, -0.25) is 14.6 Å². The van der Waals surface area contributed by atoms with Crippen LogP contribution in [-0.4, -0.2) is 41.0 Å². The van der Waals surface area contributed by atoms with Crippen LogP contribution in [0, 0.1) is 25.5 Å². The van der Waals surface area contributed by atoms with E-state index in [-0.39, 0.29) is 39.8 Å². The number of ketones is 1. The molecule has 5 rings (SSSR count). The predicted molar refractivity (Wildman–Crippen MR) is 159 cm³/mol. The van der Waals surface area contributed by atoms with Crippen LogP contribution in [0.3, 0.4) is 0 Å². The number of aryl methyl sites for hydroxylation is 1. The largest absolute Gasteiger partial charge is 0.491 e. The van der Waals surface area contributed by atoms with E-state index >= 15 is 4.39 Å². The van der Waals surface area contributed by atoms with Gasteiger partial charge in [0.15, 0.2) is 34.3 Å². The summed E-state index contributed by atoms with van der Waals surface area (Å²) in [5.74, 6) is -1.47. The summed E-state index contributed by atoms with van der Waals surface area (Å²) in [7, 11) is 2.87. The zero-order chi connectivity index (χ0) is 32.4. The van der Waals surface area contributed by atoms with Crippen molar-refractivity contribution in [1.82, 2.24) is 14.5 Å². The molecule has 0 fully saturated rings. The highest BCUT2D eigenvalue weighted by Gasteiger charge is 2.23. The van der Waals surface area contributed by atoms with Crippen LogP contribution in [0.4, 0.5) is 17.6 Å². The maximum Gasteiger partial charge on any atom is 0.257 e. The Balaban J connectivity index is 1.47. The molecule has 3 heterocycles. The molecule has 12 heteroatoms. The van der Waals surface area contributed by atoms with Gasteiger partial charge < -0.3 is 18.8 Å². The first-order valence-corrected chi connectivity index (χ1v) is 13.7. The molecule has 2 aromatic carbocycles. The number of nitrogens with zero attached hydrogens (tertiary/aromatic N) is 3. The van der Waals surface area contributed by atoms with Crippen LogP contribution in [0.1, 0.15) is 27.2 Å². The van der Waals surface area contributed by atoms with Crippen LogP contribution < -0.4 is 19.6 Å². The van der Waals surface area contributed by atoms with Crippen molar-refractivity contribution in [2.75, 3.05) is 14.2 Å². The Kier molecular flexibility index (Phi) is 8.84. The van der Waals surface area contributed by atoms with Gasteiger partial charge in [-0.05, 0) is 54.8 Å². The van der Waals surface area contributed by atoms with Crippen LogP contribution >= 0.6 is 0 Å². The average Bonchev–Trinajstić information content (AvgIpc) is 2.99. The number of carbonyl (C=O) groups excluding carboxylic acids is 1. The van der Waals surface area contributed by atoms with Gasteiger partial charge >= 0.3 is 0 Å². The summed E-state index contributed by atoms with van der Waals surface area (Å²) in [5.41, 5.74) is 0.642. The van der Waals surface area contributed by atoms with E-state index in [1.165, 1.54) is 63.9 Å². The second-order valence-electron chi connectivity index (χ2n) is 10.2. The lowest BCUT2D eigenvalue weighted by atomic mass is 9.95. The Morgan fingerprint density at radius 3 is 2.38 bits per heavy atom. The monoisotopic (exact) mass is 621 g/mol. The van der Waals surface area contributed by atoms with Gasteiger partial charge in [0.05, 0.1) is 31.8 Å². The maximum atomic E-state index is 15.3. The van der Waals surface area contributed by atoms with Crippen molar-refractivity contribution in [1.29, 1.82) is 0 Å². The molecule has 0 aliphatic carbocycles. The number of hydrogen-bond acceptors (Lipinski definition) is 7. The summed E-state index contributed by atoms with van der Waals surface area (Å²) in [6.07, 6.45) is -0.463. The smallest absolute Gasteiger partial charge is 0.257 e. The van der Waals surface area contributed by atoms with Gasteiger partial charge in [-0.15, -0.1) is 0 Å². The van der Waals surface area contributed by atoms with E-state index in [0.717, 1.165) is 16.7 Å². The van der Waals surface area contributed by atoms with Crippen molar-refractivity contribution in [3.8, 4) is 34.3 Å². The van der Waals surface area contributed by atoms with Crippen LogP contribution in [0.15, 0.2) is 65.7 Å². The number of fused-ring (bicyclic) bond motifs is 1. The van der Waals surface area contributed by atoms with Gasteiger partial charge in [-0.2, -0.15) is 0 Å². The van der Waals surface area contributed by atoms with Crippen molar-refractivity contribution in [2.45, 2.75) is 33.2 Å². The normalized spacial score (nSPS) is 11.2. The SMILES string of the molecule is COc1cc2nccc(Oc3ccc(CC(=O)c4c(C)n(CC(F)F)cc(-c5ccc(F)cc5C)c4=O)cc3F)c2nc1OC. The molecule has 5 aromatic rings. The molecule has 0 radical (unpaired) electrons. The third-order valence-corrected chi connectivity index (χ3v) is 7.24. The van der Waals surface area contributed by atoms with E-state index in [4.69, 9.17) is 14.2 Å². The summed E-state index contributed by atoms with van der Waals surface area (Å²) in [5, 5.41) is 0. The molecule has 45 heavy (non-hydrogen) atoms. The Morgan fingerprint density at radius 2 is 1.71 bits per heavy atom. The standard InChI is InChI=1S/C33H27F4N3O5/c1-17-11-20(34)6-7-21(17)22-15-40(16-29(36)37)18(2)30(32(22)42)25(41)13-19-5-8-26(23(35)12-19)45-27-9-10-38-24-14-28(43-3)33(44-4)39-31(24)27/h5-12,14-15,29H,13,16H2,1-4H3. The van der Waals surface area contributed by atoms with Crippen molar-refractivity contribution < 1.29 is 36.6 Å². The first-order valence-electron chi connectivity index (χ1n) is 13.7. The minimum atomic E-state index is -2.77. The van der Waals surface area contributed by atoms with Crippen molar-refractivity contribution in [3.63, 3.8) is 0 Å². The fraction of sp³-hybridized carbons (Fsp3) is 0.212. The second-order valence-corrected chi connectivity index (χ2v) is 10.2. The number of benzene rings is 2. The first kappa shape index (κ1) is 31.2. The van der Waals surface area contributed by atoms with Crippen LogP contribution in [0.25, 0.3) is 22.2 Å². The van der Waals surface area contributed by atoms with E-state index in [1.54, 1.807) is 13.0 Å². The number of hydrogen-bond donors (Lipinski definition) is 0. The third-order valence-electron chi connectivity index (χ3n) is 7.24. The second kappa shape index (κ2) is 12.8. The summed E-state index contributed by atoms with van der Waals surface area (Å²) >= 11 is 0. The lowest BCUT2D eigenvalue weighted by Gasteiger charge is -2.17. The quantitative estimate of drug-likeness (QED) is 0.124. The topological polar surface area (TPSA) is 92.5 Å². The number of aromatic nitrogens is 3.